The zero-order valence-corrected chi connectivity index (χ0v) is 13.6. The number of nitrogens with zero attached hydrogens (tertiary/aromatic N) is 2. The molecule has 1 aliphatic rings. The van der Waals surface area contributed by atoms with Crippen LogP contribution in [0.4, 0.5) is 11.4 Å². The molecule has 0 radical (unpaired) electrons. The van der Waals surface area contributed by atoms with Crippen LogP contribution in [0.2, 0.25) is 0 Å². The minimum absolute atomic E-state index is 0.00572. The molecule has 0 saturated heterocycles. The van der Waals surface area contributed by atoms with Crippen LogP contribution in [0.25, 0.3) is 17.1 Å². The lowest BCUT2D eigenvalue weighted by molar-refractivity contribution is -0.118. The maximum absolute atomic E-state index is 12.1. The third kappa shape index (κ3) is 3.36. The zero-order chi connectivity index (χ0) is 17.9. The summed E-state index contributed by atoms with van der Waals surface area (Å²) in [6, 6.07) is 12.6. The van der Waals surface area contributed by atoms with Crippen LogP contribution >= 0.6 is 0 Å². The first-order valence-corrected chi connectivity index (χ1v) is 7.95. The number of ether oxygens (including phenoxy) is 1. The van der Waals surface area contributed by atoms with E-state index in [1.54, 1.807) is 30.5 Å². The number of aromatic nitrogens is 2. The highest BCUT2D eigenvalue weighted by Crippen LogP contribution is 2.30. The topological polar surface area (TPSA) is 93.2 Å². The number of hydrogen-bond acceptors (Lipinski definition) is 5. The first-order chi connectivity index (χ1) is 12.7. The number of hydrogen-bond donors (Lipinski definition) is 2. The molecule has 1 aromatic heterocycles. The smallest absolute Gasteiger partial charge is 0.262 e. The molecule has 0 spiro atoms. The van der Waals surface area contributed by atoms with Gasteiger partial charge in [-0.05, 0) is 36.4 Å². The lowest BCUT2D eigenvalue weighted by Crippen LogP contribution is -2.25. The summed E-state index contributed by atoms with van der Waals surface area (Å²) in [7, 11) is 0. The SMILES string of the molecule is O=C(/C=C/c1cnc2ccccc2n1)Nc1ccc2c(c1)NC(=O)CO2. The Morgan fingerprint density at radius 3 is 2.92 bits per heavy atom. The summed E-state index contributed by atoms with van der Waals surface area (Å²) >= 11 is 0. The van der Waals surface area contributed by atoms with Gasteiger partial charge < -0.3 is 15.4 Å². The Bertz CT molecular complexity index is 1050. The standard InChI is InChI=1S/C19H14N4O3/c24-18(8-6-13-10-20-14-3-1-2-4-15(14)21-13)22-12-5-7-17-16(9-12)23-19(25)11-26-17/h1-10H,11H2,(H,22,24)(H,23,25)/b8-6+. The number of para-hydroxylation sites is 2. The van der Waals surface area contributed by atoms with Crippen molar-refractivity contribution >= 4 is 40.3 Å². The average Bonchev–Trinajstić information content (AvgIpc) is 2.66. The van der Waals surface area contributed by atoms with E-state index in [-0.39, 0.29) is 18.4 Å². The van der Waals surface area contributed by atoms with Gasteiger partial charge in [0.15, 0.2) is 6.61 Å². The van der Waals surface area contributed by atoms with Gasteiger partial charge in [-0.3, -0.25) is 14.6 Å². The quantitative estimate of drug-likeness (QED) is 0.711. The summed E-state index contributed by atoms with van der Waals surface area (Å²) in [6.45, 7) is -0.00572. The van der Waals surface area contributed by atoms with Gasteiger partial charge in [0.2, 0.25) is 5.91 Å². The Morgan fingerprint density at radius 2 is 2.04 bits per heavy atom. The third-order valence-electron chi connectivity index (χ3n) is 3.75. The van der Waals surface area contributed by atoms with E-state index >= 15 is 0 Å². The van der Waals surface area contributed by atoms with Gasteiger partial charge >= 0.3 is 0 Å². The number of rotatable bonds is 3. The van der Waals surface area contributed by atoms with Crippen LogP contribution < -0.4 is 15.4 Å². The second kappa shape index (κ2) is 6.64. The van der Waals surface area contributed by atoms with Crippen molar-refractivity contribution < 1.29 is 14.3 Å². The number of benzene rings is 2. The van der Waals surface area contributed by atoms with Crippen molar-refractivity contribution in [1.29, 1.82) is 0 Å². The summed E-state index contributed by atoms with van der Waals surface area (Å²) in [5, 5.41) is 5.43. The molecular formula is C19H14N4O3. The van der Waals surface area contributed by atoms with Crippen LogP contribution in [0.1, 0.15) is 5.69 Å². The summed E-state index contributed by atoms with van der Waals surface area (Å²) in [5.74, 6) is 0.0308. The van der Waals surface area contributed by atoms with Crippen LogP contribution in [0, 0.1) is 0 Å². The van der Waals surface area contributed by atoms with Gasteiger partial charge in [0.25, 0.3) is 5.91 Å². The maximum Gasteiger partial charge on any atom is 0.262 e. The van der Waals surface area contributed by atoms with Crippen LogP contribution in [0.3, 0.4) is 0 Å². The highest BCUT2D eigenvalue weighted by molar-refractivity contribution is 6.03. The predicted molar refractivity (Wildman–Crippen MR) is 97.8 cm³/mol. The predicted octanol–water partition coefficient (Wildman–Crippen LogP) is 2.61. The minimum Gasteiger partial charge on any atom is -0.482 e. The molecule has 3 aromatic rings. The van der Waals surface area contributed by atoms with Crippen molar-refractivity contribution in [2.45, 2.75) is 0 Å². The molecule has 7 heteroatoms. The van der Waals surface area contributed by atoms with E-state index in [1.165, 1.54) is 6.08 Å². The normalized spacial score (nSPS) is 13.2. The summed E-state index contributed by atoms with van der Waals surface area (Å²) in [4.78, 5) is 32.2. The Morgan fingerprint density at radius 1 is 1.19 bits per heavy atom. The Labute approximate surface area is 148 Å². The average molecular weight is 346 g/mol. The maximum atomic E-state index is 12.1. The van der Waals surface area contributed by atoms with Gasteiger partial charge in [0.05, 0.1) is 28.6 Å². The molecule has 7 nitrogen and oxygen atoms in total. The molecule has 128 valence electrons. The molecule has 2 N–H and O–H groups in total. The Balaban J connectivity index is 1.47. The van der Waals surface area contributed by atoms with E-state index in [9.17, 15) is 9.59 Å². The second-order valence-corrected chi connectivity index (χ2v) is 5.65. The molecule has 0 aliphatic carbocycles. The van der Waals surface area contributed by atoms with E-state index in [2.05, 4.69) is 20.6 Å². The van der Waals surface area contributed by atoms with E-state index in [0.717, 1.165) is 11.0 Å². The Kier molecular flexibility index (Phi) is 4.03. The first-order valence-electron chi connectivity index (χ1n) is 7.95. The van der Waals surface area contributed by atoms with Gasteiger partial charge in [-0.1, -0.05) is 12.1 Å². The molecule has 0 unspecified atom stereocenters. The lowest BCUT2D eigenvalue weighted by Gasteiger charge is -2.18. The van der Waals surface area contributed by atoms with Gasteiger partial charge in [-0.25, -0.2) is 4.98 Å². The molecule has 0 atom stereocenters. The highest BCUT2D eigenvalue weighted by Gasteiger charge is 2.16. The van der Waals surface area contributed by atoms with Crippen molar-refractivity contribution in [2.24, 2.45) is 0 Å². The molecule has 26 heavy (non-hydrogen) atoms. The molecule has 0 saturated carbocycles. The number of amides is 2. The summed E-state index contributed by atoms with van der Waals surface area (Å²) < 4.78 is 5.28. The molecular weight excluding hydrogens is 332 g/mol. The van der Waals surface area contributed by atoms with Gasteiger partial charge in [-0.2, -0.15) is 0 Å². The number of carbonyl (C=O) groups is 2. The number of carbonyl (C=O) groups excluding carboxylic acids is 2. The summed E-state index contributed by atoms with van der Waals surface area (Å²) in [6.07, 6.45) is 4.59. The number of fused-ring (bicyclic) bond motifs is 2. The van der Waals surface area contributed by atoms with E-state index in [0.29, 0.717) is 22.8 Å². The molecule has 2 aromatic carbocycles. The van der Waals surface area contributed by atoms with Gasteiger partial charge in [0.1, 0.15) is 5.75 Å². The van der Waals surface area contributed by atoms with Crippen molar-refractivity contribution in [3.05, 3.63) is 60.4 Å². The van der Waals surface area contributed by atoms with Crippen molar-refractivity contribution in [2.75, 3.05) is 17.2 Å². The van der Waals surface area contributed by atoms with E-state index in [1.807, 2.05) is 24.3 Å². The number of anilines is 2. The molecule has 0 bridgehead atoms. The monoisotopic (exact) mass is 346 g/mol. The molecule has 0 fully saturated rings. The first kappa shape index (κ1) is 15.8. The van der Waals surface area contributed by atoms with Crippen molar-refractivity contribution in [1.82, 2.24) is 9.97 Å². The molecule has 1 aliphatic heterocycles. The van der Waals surface area contributed by atoms with Crippen molar-refractivity contribution in [3.63, 3.8) is 0 Å². The fourth-order valence-electron chi connectivity index (χ4n) is 2.56. The molecule has 4 rings (SSSR count). The van der Waals surface area contributed by atoms with Crippen LogP contribution in [0.15, 0.2) is 54.7 Å². The zero-order valence-electron chi connectivity index (χ0n) is 13.6. The second-order valence-electron chi connectivity index (χ2n) is 5.65. The molecule has 2 amide bonds. The van der Waals surface area contributed by atoms with Gasteiger partial charge in [-0.15, -0.1) is 0 Å². The lowest BCUT2D eigenvalue weighted by atomic mass is 10.2. The fraction of sp³-hybridized carbons (Fsp3) is 0.0526. The van der Waals surface area contributed by atoms with E-state index < -0.39 is 0 Å². The largest absolute Gasteiger partial charge is 0.482 e. The molecule has 2 heterocycles. The summed E-state index contributed by atoms with van der Waals surface area (Å²) in [5.41, 5.74) is 3.23. The highest BCUT2D eigenvalue weighted by atomic mass is 16.5. The Hall–Kier alpha value is -3.74. The van der Waals surface area contributed by atoms with Crippen LogP contribution in [0.5, 0.6) is 5.75 Å². The van der Waals surface area contributed by atoms with E-state index in [4.69, 9.17) is 4.74 Å². The van der Waals surface area contributed by atoms with Crippen LogP contribution in [-0.2, 0) is 9.59 Å². The van der Waals surface area contributed by atoms with Crippen LogP contribution in [-0.4, -0.2) is 28.4 Å². The fourth-order valence-corrected chi connectivity index (χ4v) is 2.56. The minimum atomic E-state index is -0.317. The van der Waals surface area contributed by atoms with Crippen molar-refractivity contribution in [3.8, 4) is 5.75 Å². The third-order valence-corrected chi connectivity index (χ3v) is 3.75. The van der Waals surface area contributed by atoms with Gasteiger partial charge in [0, 0.05) is 11.8 Å². The number of nitrogens with one attached hydrogen (secondary N) is 2.